The van der Waals surface area contributed by atoms with Crippen molar-refractivity contribution in [3.05, 3.63) is 11.3 Å². The van der Waals surface area contributed by atoms with E-state index in [0.29, 0.717) is 5.95 Å². The van der Waals surface area contributed by atoms with Crippen molar-refractivity contribution in [3.63, 3.8) is 0 Å². The van der Waals surface area contributed by atoms with Crippen LogP contribution in [0.3, 0.4) is 0 Å². The summed E-state index contributed by atoms with van der Waals surface area (Å²) in [5, 5.41) is 0. The van der Waals surface area contributed by atoms with Gasteiger partial charge < -0.3 is 20.8 Å². The van der Waals surface area contributed by atoms with E-state index in [1.807, 2.05) is 0 Å². The molecule has 4 rings (SSSR count). The highest BCUT2D eigenvalue weighted by molar-refractivity contribution is 5.89. The first-order valence-corrected chi connectivity index (χ1v) is 8.05. The molecule has 2 aromatic heterocycles. The molecule has 6 heteroatoms. The molecule has 6 nitrogen and oxygen atoms in total. The summed E-state index contributed by atoms with van der Waals surface area (Å²) in [6.07, 6.45) is 4.26. The number of rotatable bonds is 1. The number of furan rings is 1. The van der Waals surface area contributed by atoms with Gasteiger partial charge in [-0.2, -0.15) is 4.98 Å². The fourth-order valence-electron chi connectivity index (χ4n) is 3.82. The Bertz CT molecular complexity index is 736. The number of hydrogen-bond donors (Lipinski definition) is 2. The highest BCUT2D eigenvalue weighted by Crippen LogP contribution is 2.43. The SMILES string of the molecule is CC1(C)CCCc2c1oc1c(N3CCC(N)C3)nc(N)nc21. The Morgan fingerprint density at radius 1 is 1.32 bits per heavy atom. The molecular formula is C16H23N5O. The summed E-state index contributed by atoms with van der Waals surface area (Å²) >= 11 is 0. The zero-order chi connectivity index (χ0) is 15.5. The van der Waals surface area contributed by atoms with Crippen molar-refractivity contribution < 1.29 is 4.42 Å². The van der Waals surface area contributed by atoms with Gasteiger partial charge in [0.05, 0.1) is 0 Å². The molecule has 2 aromatic rings. The van der Waals surface area contributed by atoms with Crippen molar-refractivity contribution in [1.29, 1.82) is 0 Å². The zero-order valence-electron chi connectivity index (χ0n) is 13.2. The molecule has 1 atom stereocenters. The third-order valence-corrected chi connectivity index (χ3v) is 5.00. The van der Waals surface area contributed by atoms with E-state index in [-0.39, 0.29) is 11.5 Å². The molecule has 4 N–H and O–H groups in total. The molecule has 0 radical (unpaired) electrons. The topological polar surface area (TPSA) is 94.2 Å². The molecule has 1 aliphatic carbocycles. The van der Waals surface area contributed by atoms with E-state index in [1.165, 1.54) is 5.56 Å². The van der Waals surface area contributed by atoms with Gasteiger partial charge in [0.1, 0.15) is 11.3 Å². The molecule has 0 bridgehead atoms. The van der Waals surface area contributed by atoms with Crippen LogP contribution in [0, 0.1) is 0 Å². The van der Waals surface area contributed by atoms with Gasteiger partial charge in [0, 0.05) is 30.1 Å². The number of nitrogen functional groups attached to an aromatic ring is 1. The summed E-state index contributed by atoms with van der Waals surface area (Å²) in [4.78, 5) is 11.1. The minimum Gasteiger partial charge on any atom is -0.455 e. The average Bonchev–Trinajstić information content (AvgIpc) is 3.03. The summed E-state index contributed by atoms with van der Waals surface area (Å²) in [5.74, 6) is 2.17. The quantitative estimate of drug-likeness (QED) is 0.836. The summed E-state index contributed by atoms with van der Waals surface area (Å²) in [5.41, 5.74) is 14.9. The lowest BCUT2D eigenvalue weighted by Crippen LogP contribution is -2.27. The normalized spacial score (nSPS) is 24.0. The summed E-state index contributed by atoms with van der Waals surface area (Å²) in [6, 6.07) is 0.187. The van der Waals surface area contributed by atoms with Gasteiger partial charge in [-0.25, -0.2) is 4.98 Å². The van der Waals surface area contributed by atoms with Crippen LogP contribution in [0.15, 0.2) is 4.42 Å². The monoisotopic (exact) mass is 301 g/mol. The van der Waals surface area contributed by atoms with Gasteiger partial charge in [-0.1, -0.05) is 13.8 Å². The van der Waals surface area contributed by atoms with Crippen molar-refractivity contribution >= 4 is 22.9 Å². The van der Waals surface area contributed by atoms with Crippen molar-refractivity contribution in [2.45, 2.75) is 51.0 Å². The van der Waals surface area contributed by atoms with Crippen LogP contribution in [-0.2, 0) is 11.8 Å². The first-order chi connectivity index (χ1) is 10.5. The molecule has 22 heavy (non-hydrogen) atoms. The smallest absolute Gasteiger partial charge is 0.222 e. The Morgan fingerprint density at radius 2 is 2.14 bits per heavy atom. The van der Waals surface area contributed by atoms with Gasteiger partial charge in [0.15, 0.2) is 11.4 Å². The second-order valence-electron chi connectivity index (χ2n) is 7.23. The highest BCUT2D eigenvalue weighted by Gasteiger charge is 2.35. The maximum absolute atomic E-state index is 6.28. The van der Waals surface area contributed by atoms with E-state index >= 15 is 0 Å². The van der Waals surface area contributed by atoms with E-state index in [0.717, 1.165) is 61.5 Å². The van der Waals surface area contributed by atoms with Crippen molar-refractivity contribution in [1.82, 2.24) is 9.97 Å². The molecule has 3 heterocycles. The number of anilines is 2. The fourth-order valence-corrected chi connectivity index (χ4v) is 3.82. The first-order valence-electron chi connectivity index (χ1n) is 8.05. The second kappa shape index (κ2) is 4.59. The Hall–Kier alpha value is -1.82. The van der Waals surface area contributed by atoms with Crippen LogP contribution >= 0.6 is 0 Å². The maximum atomic E-state index is 6.28. The minimum absolute atomic E-state index is 0.0434. The van der Waals surface area contributed by atoms with Crippen LogP contribution in [0.1, 0.15) is 44.4 Å². The Morgan fingerprint density at radius 3 is 2.86 bits per heavy atom. The van der Waals surface area contributed by atoms with E-state index in [1.54, 1.807) is 0 Å². The molecule has 2 aliphatic rings. The molecule has 0 amide bonds. The third-order valence-electron chi connectivity index (χ3n) is 5.00. The summed E-state index contributed by atoms with van der Waals surface area (Å²) in [6.45, 7) is 6.15. The zero-order valence-corrected chi connectivity index (χ0v) is 13.2. The van der Waals surface area contributed by atoms with E-state index in [2.05, 4.69) is 28.7 Å². The van der Waals surface area contributed by atoms with Gasteiger partial charge in [0.2, 0.25) is 5.95 Å². The van der Waals surface area contributed by atoms with E-state index in [4.69, 9.17) is 15.9 Å². The largest absolute Gasteiger partial charge is 0.455 e. The van der Waals surface area contributed by atoms with Gasteiger partial charge in [0.25, 0.3) is 0 Å². The lowest BCUT2D eigenvalue weighted by Gasteiger charge is -2.27. The minimum atomic E-state index is 0.0434. The highest BCUT2D eigenvalue weighted by atomic mass is 16.3. The lowest BCUT2D eigenvalue weighted by atomic mass is 9.77. The predicted octanol–water partition coefficient (Wildman–Crippen LogP) is 1.96. The summed E-state index contributed by atoms with van der Waals surface area (Å²) in [7, 11) is 0. The van der Waals surface area contributed by atoms with Crippen molar-refractivity contribution in [3.8, 4) is 0 Å². The molecule has 0 spiro atoms. The summed E-state index contributed by atoms with van der Waals surface area (Å²) < 4.78 is 6.28. The second-order valence-corrected chi connectivity index (χ2v) is 7.23. The van der Waals surface area contributed by atoms with E-state index < -0.39 is 0 Å². The van der Waals surface area contributed by atoms with Gasteiger partial charge in [-0.3, -0.25) is 0 Å². The van der Waals surface area contributed by atoms with Crippen LogP contribution in [0.2, 0.25) is 0 Å². The van der Waals surface area contributed by atoms with Gasteiger partial charge >= 0.3 is 0 Å². The third kappa shape index (κ3) is 1.97. The van der Waals surface area contributed by atoms with Crippen LogP contribution in [0.4, 0.5) is 11.8 Å². The Balaban J connectivity index is 1.93. The predicted molar refractivity (Wildman–Crippen MR) is 87.0 cm³/mol. The number of hydrogen-bond acceptors (Lipinski definition) is 6. The van der Waals surface area contributed by atoms with Gasteiger partial charge in [-0.05, 0) is 25.7 Å². The van der Waals surface area contributed by atoms with Crippen LogP contribution in [0.5, 0.6) is 0 Å². The molecule has 1 fully saturated rings. The molecule has 1 saturated heterocycles. The molecule has 1 aliphatic heterocycles. The lowest BCUT2D eigenvalue weighted by molar-refractivity contribution is 0.345. The first kappa shape index (κ1) is 13.8. The fraction of sp³-hybridized carbons (Fsp3) is 0.625. The molecule has 1 unspecified atom stereocenters. The molecule has 0 aromatic carbocycles. The molecule has 118 valence electrons. The standard InChI is InChI=1S/C16H23N5O/c1-16(2)6-3-4-10-11-12(22-13(10)16)14(20-15(18)19-11)21-7-5-9(17)8-21/h9H,3-8,17H2,1-2H3,(H2,18,19,20). The number of fused-ring (bicyclic) bond motifs is 3. The van der Waals surface area contributed by atoms with Gasteiger partial charge in [-0.15, -0.1) is 0 Å². The molecular weight excluding hydrogens is 278 g/mol. The maximum Gasteiger partial charge on any atom is 0.222 e. The number of nitrogens with two attached hydrogens (primary N) is 2. The number of aromatic nitrogens is 2. The number of nitrogens with zero attached hydrogens (tertiary/aromatic N) is 3. The van der Waals surface area contributed by atoms with Crippen LogP contribution in [0.25, 0.3) is 11.1 Å². The molecule has 0 saturated carbocycles. The van der Waals surface area contributed by atoms with Crippen LogP contribution in [-0.4, -0.2) is 29.1 Å². The van der Waals surface area contributed by atoms with Crippen LogP contribution < -0.4 is 16.4 Å². The van der Waals surface area contributed by atoms with Crippen molar-refractivity contribution in [2.24, 2.45) is 5.73 Å². The number of aryl methyl sites for hydroxylation is 1. The Labute approximate surface area is 129 Å². The van der Waals surface area contributed by atoms with E-state index in [9.17, 15) is 0 Å². The Kier molecular flexibility index (Phi) is 2.88. The average molecular weight is 301 g/mol. The van der Waals surface area contributed by atoms with Crippen molar-refractivity contribution in [2.75, 3.05) is 23.7 Å².